The third kappa shape index (κ3) is 8.87. The van der Waals surface area contributed by atoms with Crippen molar-refractivity contribution in [2.24, 2.45) is 14.1 Å². The van der Waals surface area contributed by atoms with Gasteiger partial charge in [0.15, 0.2) is 20.2 Å². The van der Waals surface area contributed by atoms with Gasteiger partial charge in [-0.15, -0.1) is 0 Å². The zero-order valence-corrected chi connectivity index (χ0v) is 25.5. The van der Waals surface area contributed by atoms with Crippen LogP contribution in [0.4, 0.5) is 26.3 Å². The first kappa shape index (κ1) is 36.1. The van der Waals surface area contributed by atoms with Crippen LogP contribution in [0.25, 0.3) is 43.6 Å². The van der Waals surface area contributed by atoms with E-state index in [1.54, 1.807) is 0 Å². The van der Waals surface area contributed by atoms with Gasteiger partial charge in [-0.1, -0.05) is 48.5 Å². The molecular weight excluding hydrogens is 662 g/mol. The highest BCUT2D eigenvalue weighted by atomic mass is 32.2. The summed E-state index contributed by atoms with van der Waals surface area (Å²) in [7, 11) is -7.95. The molecule has 0 unspecified atom stereocenters. The van der Waals surface area contributed by atoms with Crippen LogP contribution in [0.3, 0.4) is 0 Å². The van der Waals surface area contributed by atoms with E-state index < -0.39 is 31.3 Å². The maximum Gasteiger partial charge on any atom is 0.485 e. The highest BCUT2D eigenvalue weighted by Crippen LogP contribution is 2.21. The molecule has 46 heavy (non-hydrogen) atoms. The lowest BCUT2D eigenvalue weighted by Gasteiger charge is -2.08. The molecule has 0 saturated carbocycles. The van der Waals surface area contributed by atoms with Crippen LogP contribution in [0.2, 0.25) is 0 Å². The van der Waals surface area contributed by atoms with E-state index in [2.05, 4.69) is 132 Å². The number of nitrogens with zero attached hydrogens (tertiary/aromatic N) is 2. The first-order chi connectivity index (χ1) is 21.2. The van der Waals surface area contributed by atoms with Crippen molar-refractivity contribution < 1.29 is 61.4 Å². The predicted molar refractivity (Wildman–Crippen MR) is 157 cm³/mol. The minimum atomic E-state index is -6.09. The average molecular weight is 687 g/mol. The first-order valence-corrected chi connectivity index (χ1v) is 15.6. The van der Waals surface area contributed by atoms with Crippen molar-refractivity contribution in [1.82, 2.24) is 0 Å². The van der Waals surface area contributed by atoms with E-state index in [9.17, 15) is 26.3 Å². The molecule has 0 amide bonds. The van der Waals surface area contributed by atoms with Gasteiger partial charge in [-0.05, 0) is 36.4 Å². The number of aromatic nitrogens is 2. The standard InChI is InChI=1S/2C14H12N.2CHF3O3S/c2*1-15-13-8-4-2-6-11(13)10-12-7-3-5-9-14(12)15;2*2-1(3,4)8(5,6)7/h2*2-10H,1H3;2*(H,5,6,7)/q2*+1;;/p-2. The summed E-state index contributed by atoms with van der Waals surface area (Å²) in [5.74, 6) is 0. The van der Waals surface area contributed by atoms with Gasteiger partial charge in [0, 0.05) is 45.8 Å². The number of pyridine rings is 2. The van der Waals surface area contributed by atoms with Crippen LogP contribution in [0, 0.1) is 0 Å². The second-order valence-electron chi connectivity index (χ2n) is 9.44. The van der Waals surface area contributed by atoms with Gasteiger partial charge in [-0.3, -0.25) is 0 Å². The zero-order chi connectivity index (χ0) is 34.5. The third-order valence-corrected chi connectivity index (χ3v) is 7.52. The highest BCUT2D eigenvalue weighted by molar-refractivity contribution is 7.86. The van der Waals surface area contributed by atoms with Gasteiger partial charge < -0.3 is 9.11 Å². The molecule has 0 spiro atoms. The monoisotopic (exact) mass is 686 g/mol. The summed E-state index contributed by atoms with van der Waals surface area (Å²) in [5, 5.41) is 5.16. The van der Waals surface area contributed by atoms with E-state index in [0.29, 0.717) is 0 Å². The first-order valence-electron chi connectivity index (χ1n) is 12.8. The molecule has 2 heterocycles. The number of benzene rings is 4. The van der Waals surface area contributed by atoms with Crippen molar-refractivity contribution in [3.8, 4) is 0 Å². The molecule has 0 aliphatic heterocycles. The third-order valence-electron chi connectivity index (χ3n) is 6.38. The number of rotatable bonds is 0. The van der Waals surface area contributed by atoms with Crippen LogP contribution in [-0.4, -0.2) is 37.0 Å². The lowest BCUT2D eigenvalue weighted by molar-refractivity contribution is -0.617. The van der Waals surface area contributed by atoms with E-state index >= 15 is 0 Å². The van der Waals surface area contributed by atoms with Crippen molar-refractivity contribution in [1.29, 1.82) is 0 Å². The molecule has 8 nitrogen and oxygen atoms in total. The Kier molecular flexibility index (Phi) is 10.9. The topological polar surface area (TPSA) is 122 Å². The molecule has 6 rings (SSSR count). The molecule has 0 atom stereocenters. The molecule has 244 valence electrons. The number of aryl methyl sites for hydroxylation is 2. The summed E-state index contributed by atoms with van der Waals surface area (Å²) in [6.45, 7) is 0. The molecule has 6 aromatic rings. The van der Waals surface area contributed by atoms with Crippen LogP contribution in [0.1, 0.15) is 0 Å². The Hall–Kier alpha value is -4.38. The minimum absolute atomic E-state index is 1.27. The molecule has 0 saturated heterocycles. The minimum Gasteiger partial charge on any atom is -0.741 e. The Labute approximate surface area is 259 Å². The SMILES string of the molecule is C[n+]1c2ccccc2cc2ccccc21.C[n+]1c2ccccc2cc2ccccc21.O=S(=O)([O-])C(F)(F)F.O=S(=O)([O-])C(F)(F)F. The molecule has 0 radical (unpaired) electrons. The van der Waals surface area contributed by atoms with Gasteiger partial charge in [-0.2, -0.15) is 35.5 Å². The highest BCUT2D eigenvalue weighted by Gasteiger charge is 2.37. The number of hydrogen-bond donors (Lipinski definition) is 0. The number of hydrogen-bond acceptors (Lipinski definition) is 6. The average Bonchev–Trinajstić information content (AvgIpc) is 2.97. The normalized spacial score (nSPS) is 12.0. The van der Waals surface area contributed by atoms with E-state index in [-0.39, 0.29) is 0 Å². The van der Waals surface area contributed by atoms with E-state index in [1.807, 2.05) is 0 Å². The largest absolute Gasteiger partial charge is 0.741 e. The van der Waals surface area contributed by atoms with Crippen molar-refractivity contribution in [2.75, 3.05) is 0 Å². The maximum absolute atomic E-state index is 10.7. The fraction of sp³-hybridized carbons (Fsp3) is 0.133. The van der Waals surface area contributed by atoms with Gasteiger partial charge in [0.1, 0.15) is 14.1 Å². The summed E-state index contributed by atoms with van der Waals surface area (Å²) in [6, 6.07) is 38.4. The Morgan fingerprint density at radius 2 is 0.630 bits per heavy atom. The summed E-state index contributed by atoms with van der Waals surface area (Å²) in [4.78, 5) is 0. The number of para-hydroxylation sites is 4. The Balaban J connectivity index is 0.000000176. The van der Waals surface area contributed by atoms with Crippen LogP contribution >= 0.6 is 0 Å². The lowest BCUT2D eigenvalue weighted by Crippen LogP contribution is -2.29. The summed E-state index contributed by atoms with van der Waals surface area (Å²) in [6.07, 6.45) is 0. The Morgan fingerprint density at radius 1 is 0.457 bits per heavy atom. The Bertz CT molecular complexity index is 1960. The second kappa shape index (κ2) is 13.9. The molecule has 2 aromatic heterocycles. The van der Waals surface area contributed by atoms with Crippen molar-refractivity contribution >= 4 is 63.8 Å². The van der Waals surface area contributed by atoms with Crippen molar-refractivity contribution in [2.45, 2.75) is 11.0 Å². The number of halogens is 6. The summed E-state index contributed by atoms with van der Waals surface area (Å²) < 4.78 is 122. The van der Waals surface area contributed by atoms with Crippen LogP contribution in [0.5, 0.6) is 0 Å². The van der Waals surface area contributed by atoms with Gasteiger partial charge in [0.05, 0.1) is 0 Å². The number of fused-ring (bicyclic) bond motifs is 4. The molecule has 0 bridgehead atoms. The van der Waals surface area contributed by atoms with Crippen molar-refractivity contribution in [3.05, 3.63) is 109 Å². The molecule has 0 aliphatic rings. The fourth-order valence-electron chi connectivity index (χ4n) is 4.25. The van der Waals surface area contributed by atoms with Gasteiger partial charge in [0.2, 0.25) is 22.1 Å². The summed E-state index contributed by atoms with van der Waals surface area (Å²) >= 11 is 0. The van der Waals surface area contributed by atoms with E-state index in [0.717, 1.165) is 0 Å². The van der Waals surface area contributed by atoms with Crippen LogP contribution < -0.4 is 9.13 Å². The van der Waals surface area contributed by atoms with Gasteiger partial charge >= 0.3 is 11.0 Å². The van der Waals surface area contributed by atoms with Crippen LogP contribution in [-0.2, 0) is 34.3 Å². The molecular formula is C30H24F6N2O6S2. The smallest absolute Gasteiger partial charge is 0.485 e. The number of alkyl halides is 6. The van der Waals surface area contributed by atoms with Gasteiger partial charge in [-0.25, -0.2) is 16.8 Å². The zero-order valence-electron chi connectivity index (χ0n) is 23.8. The molecule has 16 heteroatoms. The predicted octanol–water partition coefficient (Wildman–Crippen LogP) is 5.74. The molecule has 4 aromatic carbocycles. The summed E-state index contributed by atoms with van der Waals surface area (Å²) in [5.41, 5.74) is -6.19. The van der Waals surface area contributed by atoms with E-state index in [1.165, 1.54) is 43.6 Å². The van der Waals surface area contributed by atoms with E-state index in [4.69, 9.17) is 25.9 Å². The maximum atomic E-state index is 10.7. The van der Waals surface area contributed by atoms with Crippen LogP contribution in [0.15, 0.2) is 109 Å². The second-order valence-corrected chi connectivity index (χ2v) is 12.2. The van der Waals surface area contributed by atoms with Gasteiger partial charge in [0.25, 0.3) is 0 Å². The Morgan fingerprint density at radius 3 is 0.804 bits per heavy atom. The molecule has 0 N–H and O–H groups in total. The lowest BCUT2D eigenvalue weighted by atomic mass is 10.1. The molecule has 0 fully saturated rings. The molecule has 0 aliphatic carbocycles. The quantitative estimate of drug-likeness (QED) is 0.0661. The van der Waals surface area contributed by atoms with Crippen molar-refractivity contribution in [3.63, 3.8) is 0 Å². The fourth-order valence-corrected chi connectivity index (χ4v) is 4.25.